The van der Waals surface area contributed by atoms with Gasteiger partial charge >= 0.3 is 0 Å². The average molecular weight is 380 g/mol. The second-order valence-corrected chi connectivity index (χ2v) is 8.11. The number of thiocarbonyl (C=S) groups is 1. The molecule has 0 unspecified atom stereocenters. The maximum Gasteiger partial charge on any atom is 0.164 e. The summed E-state index contributed by atoms with van der Waals surface area (Å²) in [7, 11) is 0. The van der Waals surface area contributed by atoms with E-state index in [4.69, 9.17) is 18.0 Å². The number of aromatic amines is 1. The number of imidazole rings is 1. The minimum atomic E-state index is 0.350. The number of aryl methyl sites for hydroxylation is 1. The Hall–Kier alpha value is -0.900. The summed E-state index contributed by atoms with van der Waals surface area (Å²) in [5, 5.41) is 0. The number of nitrogens with zero attached hydrogens (tertiary/aromatic N) is 1. The lowest BCUT2D eigenvalue weighted by atomic mass is 10.0. The third-order valence-corrected chi connectivity index (χ3v) is 5.35. The highest BCUT2D eigenvalue weighted by molar-refractivity contribution is 7.80. The van der Waals surface area contributed by atoms with Gasteiger partial charge in [-0.1, -0.05) is 115 Å². The van der Waals surface area contributed by atoms with Crippen molar-refractivity contribution in [2.45, 2.75) is 116 Å². The summed E-state index contributed by atoms with van der Waals surface area (Å²) in [6.45, 7) is 2.29. The first-order chi connectivity index (χ1) is 12.7. The van der Waals surface area contributed by atoms with Crippen molar-refractivity contribution in [3.63, 3.8) is 0 Å². The monoisotopic (exact) mass is 379 g/mol. The minimum Gasteiger partial charge on any atom is -0.387 e. The van der Waals surface area contributed by atoms with Crippen molar-refractivity contribution >= 4 is 17.2 Å². The van der Waals surface area contributed by atoms with E-state index in [9.17, 15) is 0 Å². The van der Waals surface area contributed by atoms with Gasteiger partial charge in [0.2, 0.25) is 0 Å². The average Bonchev–Trinajstić information content (AvgIpc) is 3.10. The lowest BCUT2D eigenvalue weighted by Crippen LogP contribution is -2.11. The quantitative estimate of drug-likeness (QED) is 0.217. The number of hydrogen-bond donors (Lipinski definition) is 2. The number of hydrogen-bond acceptors (Lipinski definition) is 2. The first-order valence-corrected chi connectivity index (χ1v) is 11.5. The van der Waals surface area contributed by atoms with E-state index in [0.29, 0.717) is 10.8 Å². The standard InChI is InChI=1S/C22H41N3S/c1-2-3-4-5-6-7-8-9-10-11-12-13-14-15-16-17-18-20-19-24-22(25-20)21(23)26/h19H,2-18H2,1H3,(H2,23,26)(H,24,25). The van der Waals surface area contributed by atoms with Crippen LogP contribution in [-0.2, 0) is 6.42 Å². The summed E-state index contributed by atoms with van der Waals surface area (Å²) >= 11 is 4.91. The molecular weight excluding hydrogens is 338 g/mol. The molecule has 0 aliphatic carbocycles. The maximum absolute atomic E-state index is 5.56. The molecule has 0 amide bonds. The molecule has 1 aromatic heterocycles. The van der Waals surface area contributed by atoms with Crippen molar-refractivity contribution < 1.29 is 0 Å². The van der Waals surface area contributed by atoms with Gasteiger partial charge in [0.25, 0.3) is 0 Å². The number of H-pyrrole nitrogens is 1. The number of nitrogens with one attached hydrogen (secondary N) is 1. The van der Waals surface area contributed by atoms with Gasteiger partial charge in [-0.2, -0.15) is 0 Å². The van der Waals surface area contributed by atoms with E-state index >= 15 is 0 Å². The summed E-state index contributed by atoms with van der Waals surface area (Å²) in [6, 6.07) is 0. The lowest BCUT2D eigenvalue weighted by Gasteiger charge is -2.03. The van der Waals surface area contributed by atoms with Gasteiger partial charge in [-0.15, -0.1) is 0 Å². The molecule has 3 N–H and O–H groups in total. The molecule has 26 heavy (non-hydrogen) atoms. The van der Waals surface area contributed by atoms with E-state index in [0.717, 1.165) is 12.1 Å². The van der Waals surface area contributed by atoms with E-state index in [1.54, 1.807) is 0 Å². The van der Waals surface area contributed by atoms with Crippen molar-refractivity contribution in [3.8, 4) is 0 Å². The molecule has 3 nitrogen and oxygen atoms in total. The zero-order valence-electron chi connectivity index (χ0n) is 17.0. The molecule has 0 saturated carbocycles. The first kappa shape index (κ1) is 23.1. The number of aromatic nitrogens is 2. The van der Waals surface area contributed by atoms with Gasteiger partial charge < -0.3 is 10.7 Å². The minimum absolute atomic E-state index is 0.350. The topological polar surface area (TPSA) is 54.7 Å². The summed E-state index contributed by atoms with van der Waals surface area (Å²) in [5.41, 5.74) is 6.71. The SMILES string of the molecule is CCCCCCCCCCCCCCCCCCc1cnc(C(N)=S)[nH]1. The third-order valence-electron chi connectivity index (χ3n) is 5.16. The van der Waals surface area contributed by atoms with Crippen LogP contribution in [-0.4, -0.2) is 15.0 Å². The van der Waals surface area contributed by atoms with E-state index < -0.39 is 0 Å². The fourth-order valence-corrected chi connectivity index (χ4v) is 3.58. The van der Waals surface area contributed by atoms with Gasteiger partial charge in [0.15, 0.2) is 5.82 Å². The number of rotatable bonds is 18. The highest BCUT2D eigenvalue weighted by Crippen LogP contribution is 2.14. The van der Waals surface area contributed by atoms with Gasteiger partial charge in [0, 0.05) is 11.9 Å². The maximum atomic E-state index is 5.56. The van der Waals surface area contributed by atoms with Crippen LogP contribution in [0.25, 0.3) is 0 Å². The summed E-state index contributed by atoms with van der Waals surface area (Å²) in [5.74, 6) is 0.645. The molecule has 0 radical (unpaired) electrons. The van der Waals surface area contributed by atoms with Crippen LogP contribution in [0.4, 0.5) is 0 Å². The molecule has 4 heteroatoms. The molecule has 0 fully saturated rings. The zero-order chi connectivity index (χ0) is 18.9. The summed E-state index contributed by atoms with van der Waals surface area (Å²) < 4.78 is 0. The van der Waals surface area contributed by atoms with Crippen LogP contribution in [0, 0.1) is 0 Å². The van der Waals surface area contributed by atoms with Crippen LogP contribution in [0.2, 0.25) is 0 Å². The Bertz CT molecular complexity index is 456. The second kappa shape index (κ2) is 16.3. The molecule has 0 saturated heterocycles. The third kappa shape index (κ3) is 12.5. The Morgan fingerprint density at radius 3 is 1.62 bits per heavy atom. The second-order valence-electron chi connectivity index (χ2n) is 7.67. The first-order valence-electron chi connectivity index (χ1n) is 11.1. The van der Waals surface area contributed by atoms with Crippen LogP contribution < -0.4 is 5.73 Å². The Labute approximate surface area is 166 Å². The van der Waals surface area contributed by atoms with Gasteiger partial charge in [-0.05, 0) is 12.8 Å². The Balaban J connectivity index is 1.77. The molecule has 0 aromatic carbocycles. The fraction of sp³-hybridized carbons (Fsp3) is 0.818. The van der Waals surface area contributed by atoms with E-state index in [2.05, 4.69) is 16.9 Å². The van der Waals surface area contributed by atoms with Crippen LogP contribution in [0.5, 0.6) is 0 Å². The molecule has 0 spiro atoms. The van der Waals surface area contributed by atoms with Crippen molar-refractivity contribution in [3.05, 3.63) is 17.7 Å². The Morgan fingerprint density at radius 1 is 0.808 bits per heavy atom. The largest absolute Gasteiger partial charge is 0.387 e. The summed E-state index contributed by atoms with van der Waals surface area (Å²) in [6.07, 6.45) is 25.4. The molecule has 0 bridgehead atoms. The highest BCUT2D eigenvalue weighted by Gasteiger charge is 2.02. The Morgan fingerprint density at radius 2 is 1.23 bits per heavy atom. The summed E-state index contributed by atoms with van der Waals surface area (Å²) in [4.78, 5) is 7.72. The lowest BCUT2D eigenvalue weighted by molar-refractivity contribution is 0.529. The molecule has 1 heterocycles. The van der Waals surface area contributed by atoms with Crippen molar-refractivity contribution in [2.24, 2.45) is 5.73 Å². The van der Waals surface area contributed by atoms with Crippen LogP contribution >= 0.6 is 12.2 Å². The van der Waals surface area contributed by atoms with Gasteiger partial charge in [-0.25, -0.2) is 4.98 Å². The van der Waals surface area contributed by atoms with Gasteiger partial charge in [-0.3, -0.25) is 0 Å². The number of nitrogens with two attached hydrogens (primary N) is 1. The predicted molar refractivity (Wildman–Crippen MR) is 118 cm³/mol. The smallest absolute Gasteiger partial charge is 0.164 e. The Kier molecular flexibility index (Phi) is 14.5. The molecule has 0 aliphatic rings. The normalized spacial score (nSPS) is 11.1. The molecule has 0 atom stereocenters. The zero-order valence-corrected chi connectivity index (χ0v) is 17.8. The molecule has 1 aromatic rings. The van der Waals surface area contributed by atoms with E-state index in [1.165, 1.54) is 103 Å². The van der Waals surface area contributed by atoms with Crippen molar-refractivity contribution in [2.75, 3.05) is 0 Å². The number of unbranched alkanes of at least 4 members (excludes halogenated alkanes) is 15. The van der Waals surface area contributed by atoms with E-state index in [-0.39, 0.29) is 0 Å². The molecule has 1 rings (SSSR count). The van der Waals surface area contributed by atoms with Crippen LogP contribution in [0.15, 0.2) is 6.20 Å². The van der Waals surface area contributed by atoms with Crippen LogP contribution in [0.3, 0.4) is 0 Å². The highest BCUT2D eigenvalue weighted by atomic mass is 32.1. The van der Waals surface area contributed by atoms with E-state index in [1.807, 2.05) is 6.20 Å². The van der Waals surface area contributed by atoms with Gasteiger partial charge in [0.05, 0.1) is 0 Å². The predicted octanol–water partition coefficient (Wildman–Crippen LogP) is 6.85. The van der Waals surface area contributed by atoms with Crippen LogP contribution in [0.1, 0.15) is 121 Å². The fourth-order valence-electron chi connectivity index (χ4n) is 3.47. The molecular formula is C22H41N3S. The van der Waals surface area contributed by atoms with Crippen molar-refractivity contribution in [1.82, 2.24) is 9.97 Å². The molecule has 0 aliphatic heterocycles. The van der Waals surface area contributed by atoms with Gasteiger partial charge in [0.1, 0.15) is 4.99 Å². The molecule has 150 valence electrons. The van der Waals surface area contributed by atoms with Crippen molar-refractivity contribution in [1.29, 1.82) is 0 Å².